The van der Waals surface area contributed by atoms with Gasteiger partial charge in [-0.2, -0.15) is 5.48 Å². The van der Waals surface area contributed by atoms with Crippen molar-refractivity contribution < 1.29 is 4.84 Å². The molecule has 8 heavy (non-hydrogen) atoms. The summed E-state index contributed by atoms with van der Waals surface area (Å²) in [6.07, 6.45) is 6.22. The molecule has 0 aromatic heterocycles. The molecule has 2 heteroatoms. The average Bonchev–Trinajstić information content (AvgIpc) is 2.36. The molecule has 0 aromatic carbocycles. The van der Waals surface area contributed by atoms with E-state index in [0.717, 1.165) is 0 Å². The average molecular weight is 109 g/mol. The van der Waals surface area contributed by atoms with Crippen molar-refractivity contribution in [3.8, 4) is 0 Å². The molecule has 1 spiro atoms. The summed E-state index contributed by atoms with van der Waals surface area (Å²) in [4.78, 5) is 5.19. The molecule has 1 aliphatic heterocycles. The van der Waals surface area contributed by atoms with Crippen LogP contribution >= 0.6 is 0 Å². The zero-order chi connectivity index (χ0) is 5.19. The fraction of sp³-hybridized carbons (Fsp3) is 0.667. The molecule has 0 aromatic rings. The second kappa shape index (κ2) is 0.769. The summed E-state index contributed by atoms with van der Waals surface area (Å²) in [6.45, 7) is 0. The van der Waals surface area contributed by atoms with Crippen molar-refractivity contribution in [3.05, 3.63) is 12.2 Å². The zero-order valence-corrected chi connectivity index (χ0v) is 4.42. The Labute approximate surface area is 47.5 Å². The summed E-state index contributed by atoms with van der Waals surface area (Å²) in [7, 11) is 0. The third-order valence-corrected chi connectivity index (χ3v) is 2.49. The van der Waals surface area contributed by atoms with Crippen molar-refractivity contribution >= 4 is 0 Å². The van der Waals surface area contributed by atoms with Gasteiger partial charge < -0.3 is 0 Å². The predicted octanol–water partition coefficient (Wildman–Crippen LogP) is 0.218. The first-order valence-electron chi connectivity index (χ1n) is 3.02. The van der Waals surface area contributed by atoms with Crippen LogP contribution < -0.4 is 5.48 Å². The van der Waals surface area contributed by atoms with Crippen molar-refractivity contribution in [2.75, 3.05) is 0 Å². The molecule has 3 rings (SSSR count). The maximum atomic E-state index is 5.19. The molecule has 3 unspecified atom stereocenters. The minimum Gasteiger partial charge on any atom is -0.297 e. The molecular formula is C6H7NO. The molecule has 3 aliphatic rings. The number of hydrogen-bond donors (Lipinski definition) is 1. The highest BCUT2D eigenvalue weighted by Gasteiger charge is 2.66. The lowest BCUT2D eigenvalue weighted by molar-refractivity contribution is 0.0554. The normalized spacial score (nSPS) is 64.0. The van der Waals surface area contributed by atoms with Gasteiger partial charge in [0.05, 0.1) is 12.1 Å². The van der Waals surface area contributed by atoms with E-state index in [1.807, 2.05) is 0 Å². The molecule has 1 N–H and O–H groups in total. The van der Waals surface area contributed by atoms with Gasteiger partial charge in [0.1, 0.15) is 0 Å². The third kappa shape index (κ3) is 0.187. The first-order valence-corrected chi connectivity index (χ1v) is 3.02. The van der Waals surface area contributed by atoms with Crippen LogP contribution in [0.25, 0.3) is 0 Å². The van der Waals surface area contributed by atoms with Gasteiger partial charge in [0, 0.05) is 5.41 Å². The molecular weight excluding hydrogens is 102 g/mol. The second-order valence-corrected chi connectivity index (χ2v) is 2.88. The van der Waals surface area contributed by atoms with Crippen molar-refractivity contribution in [2.45, 2.75) is 18.6 Å². The summed E-state index contributed by atoms with van der Waals surface area (Å²) in [5, 5.41) is 0. The molecule has 1 heterocycles. The molecule has 2 nitrogen and oxygen atoms in total. The van der Waals surface area contributed by atoms with Crippen LogP contribution in [0.15, 0.2) is 12.2 Å². The molecule has 42 valence electrons. The Morgan fingerprint density at radius 2 is 2.75 bits per heavy atom. The van der Waals surface area contributed by atoms with Crippen LogP contribution in [0.5, 0.6) is 0 Å². The number of hydrogen-bond acceptors (Lipinski definition) is 2. The van der Waals surface area contributed by atoms with E-state index >= 15 is 0 Å². The highest BCUT2D eigenvalue weighted by Crippen LogP contribution is 2.60. The Morgan fingerprint density at radius 3 is 3.00 bits per heavy atom. The van der Waals surface area contributed by atoms with Gasteiger partial charge in [0.25, 0.3) is 0 Å². The lowest BCUT2D eigenvalue weighted by Gasteiger charge is -2.22. The van der Waals surface area contributed by atoms with Gasteiger partial charge in [-0.1, -0.05) is 12.2 Å². The van der Waals surface area contributed by atoms with Crippen LogP contribution in [0.2, 0.25) is 0 Å². The van der Waals surface area contributed by atoms with Crippen LogP contribution in [0.3, 0.4) is 0 Å². The second-order valence-electron chi connectivity index (χ2n) is 2.88. The van der Waals surface area contributed by atoms with E-state index in [2.05, 4.69) is 17.6 Å². The molecule has 0 bridgehead atoms. The summed E-state index contributed by atoms with van der Waals surface area (Å²) < 4.78 is 0. The fourth-order valence-corrected chi connectivity index (χ4v) is 1.66. The maximum absolute atomic E-state index is 5.19. The first-order chi connectivity index (χ1) is 3.92. The van der Waals surface area contributed by atoms with Crippen molar-refractivity contribution in [1.29, 1.82) is 0 Å². The van der Waals surface area contributed by atoms with Crippen LogP contribution in [-0.4, -0.2) is 12.1 Å². The van der Waals surface area contributed by atoms with Gasteiger partial charge in [-0.05, 0) is 6.42 Å². The van der Waals surface area contributed by atoms with Gasteiger partial charge in [-0.15, -0.1) is 0 Å². The zero-order valence-electron chi connectivity index (χ0n) is 4.42. The van der Waals surface area contributed by atoms with E-state index in [-0.39, 0.29) is 0 Å². The van der Waals surface area contributed by atoms with Gasteiger partial charge in [0.15, 0.2) is 0 Å². The summed E-state index contributed by atoms with van der Waals surface area (Å²) in [5.41, 5.74) is 3.45. The summed E-state index contributed by atoms with van der Waals surface area (Å²) in [6, 6.07) is 0.562. The summed E-state index contributed by atoms with van der Waals surface area (Å²) >= 11 is 0. The van der Waals surface area contributed by atoms with Crippen molar-refractivity contribution in [3.63, 3.8) is 0 Å². The standard InChI is InChI=1S/C6H7NO/c1-2-6-3-5(6)8-7-4(1)6/h1-2,4-5,7H,3H2. The highest BCUT2D eigenvalue weighted by molar-refractivity contribution is 5.36. The molecule has 2 fully saturated rings. The van der Waals surface area contributed by atoms with Gasteiger partial charge in [-0.25, -0.2) is 0 Å². The van der Waals surface area contributed by atoms with Crippen molar-refractivity contribution in [1.82, 2.24) is 5.48 Å². The quantitative estimate of drug-likeness (QED) is 0.449. The Hall–Kier alpha value is -0.340. The number of hydroxylamine groups is 1. The summed E-state index contributed by atoms with van der Waals surface area (Å²) in [5.74, 6) is 0. The van der Waals surface area contributed by atoms with Gasteiger partial charge in [-0.3, -0.25) is 4.84 Å². The lowest BCUT2D eigenvalue weighted by atomic mass is 9.86. The molecule has 2 aliphatic carbocycles. The van der Waals surface area contributed by atoms with Gasteiger partial charge in [0.2, 0.25) is 0 Å². The largest absolute Gasteiger partial charge is 0.297 e. The van der Waals surface area contributed by atoms with E-state index in [1.54, 1.807) is 0 Å². The van der Waals surface area contributed by atoms with E-state index in [9.17, 15) is 0 Å². The molecule has 1 saturated carbocycles. The van der Waals surface area contributed by atoms with E-state index in [0.29, 0.717) is 17.6 Å². The minimum atomic E-state index is 0.486. The smallest absolute Gasteiger partial charge is 0.0910 e. The molecule has 3 atom stereocenters. The topological polar surface area (TPSA) is 21.3 Å². The van der Waals surface area contributed by atoms with Gasteiger partial charge >= 0.3 is 0 Å². The Kier molecular flexibility index (Phi) is 0.350. The lowest BCUT2D eigenvalue weighted by Crippen LogP contribution is -2.33. The Bertz CT molecular complexity index is 177. The Balaban J connectivity index is 2.14. The van der Waals surface area contributed by atoms with E-state index < -0.39 is 0 Å². The number of nitrogens with one attached hydrogen (secondary N) is 1. The van der Waals surface area contributed by atoms with E-state index in [1.165, 1.54) is 6.42 Å². The minimum absolute atomic E-state index is 0.486. The van der Waals surface area contributed by atoms with Crippen molar-refractivity contribution in [2.24, 2.45) is 5.41 Å². The van der Waals surface area contributed by atoms with Crippen LogP contribution in [0.4, 0.5) is 0 Å². The Morgan fingerprint density at radius 1 is 1.75 bits per heavy atom. The maximum Gasteiger partial charge on any atom is 0.0910 e. The van der Waals surface area contributed by atoms with E-state index in [4.69, 9.17) is 4.84 Å². The first kappa shape index (κ1) is 3.64. The third-order valence-electron chi connectivity index (χ3n) is 2.49. The van der Waals surface area contributed by atoms with Crippen LogP contribution in [0, 0.1) is 5.41 Å². The number of rotatable bonds is 0. The predicted molar refractivity (Wildman–Crippen MR) is 28.0 cm³/mol. The SMILES string of the molecule is C1=CC23CC2ONC13. The monoisotopic (exact) mass is 109 g/mol. The molecule has 0 radical (unpaired) electrons. The molecule has 0 amide bonds. The van der Waals surface area contributed by atoms with Crippen LogP contribution in [0.1, 0.15) is 6.42 Å². The highest BCUT2D eigenvalue weighted by atomic mass is 16.7. The molecule has 1 saturated heterocycles. The fourth-order valence-electron chi connectivity index (χ4n) is 1.66. The van der Waals surface area contributed by atoms with Crippen LogP contribution in [-0.2, 0) is 4.84 Å².